The van der Waals surface area contributed by atoms with Gasteiger partial charge in [-0.15, -0.1) is 0 Å². The monoisotopic (exact) mass is 142 g/mol. The fourth-order valence-electron chi connectivity index (χ4n) is 0.408. The topological polar surface area (TPSA) is 49.4 Å². The van der Waals surface area contributed by atoms with Gasteiger partial charge in [0.25, 0.3) is 0 Å². The molecule has 1 N–H and O–H groups in total. The van der Waals surface area contributed by atoms with Gasteiger partial charge in [-0.2, -0.15) is 0 Å². The molecule has 0 saturated carbocycles. The van der Waals surface area contributed by atoms with Gasteiger partial charge in [0, 0.05) is 20.3 Å². The second-order valence-electron chi connectivity index (χ2n) is 1.64. The van der Waals surface area contributed by atoms with E-state index in [2.05, 4.69) is 5.32 Å². The molecule has 0 atom stereocenters. The van der Waals surface area contributed by atoms with Gasteiger partial charge >= 0.3 is 6.03 Å². The number of carbonyl (C=O) groups is 2. The molecule has 4 heteroatoms. The van der Waals surface area contributed by atoms with Crippen LogP contribution in [0.1, 0.15) is 0 Å². The van der Waals surface area contributed by atoms with Crippen molar-refractivity contribution in [1.82, 2.24) is 10.2 Å². The molecule has 0 unspecified atom stereocenters. The highest BCUT2D eigenvalue weighted by molar-refractivity contribution is 5.75. The van der Waals surface area contributed by atoms with E-state index in [9.17, 15) is 9.59 Å². The first-order valence-electron chi connectivity index (χ1n) is 2.79. The van der Waals surface area contributed by atoms with Crippen molar-refractivity contribution < 1.29 is 9.59 Å². The standard InChI is InChI=1S/C6H10N2O2/c1-7-6(10)8(2)4-3-5-9/h3-5H,1-2H3,(H,7,10). The van der Waals surface area contributed by atoms with Crippen molar-refractivity contribution in [1.29, 1.82) is 0 Å². The molecular weight excluding hydrogens is 132 g/mol. The highest BCUT2D eigenvalue weighted by Gasteiger charge is 1.98. The maximum Gasteiger partial charge on any atom is 0.320 e. The number of hydrogen-bond donors (Lipinski definition) is 1. The molecule has 2 amide bonds. The van der Waals surface area contributed by atoms with E-state index < -0.39 is 0 Å². The first-order valence-corrected chi connectivity index (χ1v) is 2.79. The van der Waals surface area contributed by atoms with Gasteiger partial charge in [0.05, 0.1) is 0 Å². The van der Waals surface area contributed by atoms with Gasteiger partial charge in [-0.25, -0.2) is 4.79 Å². The van der Waals surface area contributed by atoms with E-state index in [1.54, 1.807) is 7.05 Å². The number of urea groups is 1. The number of nitrogens with one attached hydrogen (secondary N) is 1. The van der Waals surface area contributed by atoms with E-state index in [0.29, 0.717) is 6.29 Å². The summed E-state index contributed by atoms with van der Waals surface area (Å²) in [5.74, 6) is 0. The van der Waals surface area contributed by atoms with Crippen LogP contribution in [0.4, 0.5) is 4.79 Å². The van der Waals surface area contributed by atoms with Crippen molar-refractivity contribution in [3.05, 3.63) is 12.3 Å². The molecule has 0 aliphatic carbocycles. The summed E-state index contributed by atoms with van der Waals surface area (Å²) in [7, 11) is 3.08. The Morgan fingerprint density at radius 1 is 1.60 bits per heavy atom. The highest BCUT2D eigenvalue weighted by atomic mass is 16.2. The van der Waals surface area contributed by atoms with Crippen LogP contribution in [-0.2, 0) is 4.79 Å². The van der Waals surface area contributed by atoms with E-state index >= 15 is 0 Å². The second kappa shape index (κ2) is 4.55. The van der Waals surface area contributed by atoms with Crippen molar-refractivity contribution in [2.45, 2.75) is 0 Å². The number of rotatable bonds is 2. The van der Waals surface area contributed by atoms with Gasteiger partial charge in [0.2, 0.25) is 0 Å². The van der Waals surface area contributed by atoms with Crippen LogP contribution in [0.3, 0.4) is 0 Å². The Kier molecular flexibility index (Phi) is 3.95. The summed E-state index contributed by atoms with van der Waals surface area (Å²) in [4.78, 5) is 21.7. The lowest BCUT2D eigenvalue weighted by Crippen LogP contribution is -2.30. The van der Waals surface area contributed by atoms with Crippen molar-refractivity contribution in [2.75, 3.05) is 14.1 Å². The molecule has 10 heavy (non-hydrogen) atoms. The van der Waals surface area contributed by atoms with E-state index in [4.69, 9.17) is 0 Å². The number of hydrogen-bond acceptors (Lipinski definition) is 2. The third-order valence-electron chi connectivity index (χ3n) is 0.922. The fraction of sp³-hybridized carbons (Fsp3) is 0.333. The molecule has 0 spiro atoms. The Morgan fingerprint density at radius 3 is 2.60 bits per heavy atom. The minimum absolute atomic E-state index is 0.252. The first-order chi connectivity index (χ1) is 4.72. The molecule has 0 heterocycles. The number of nitrogens with zero attached hydrogens (tertiary/aromatic N) is 1. The van der Waals surface area contributed by atoms with Gasteiger partial charge in [0.15, 0.2) is 0 Å². The molecule has 0 fully saturated rings. The lowest BCUT2D eigenvalue weighted by atomic mass is 10.6. The summed E-state index contributed by atoms with van der Waals surface area (Å²) in [6, 6.07) is -0.252. The zero-order valence-corrected chi connectivity index (χ0v) is 6.00. The average molecular weight is 142 g/mol. The molecule has 0 aromatic rings. The van der Waals surface area contributed by atoms with E-state index in [1.807, 2.05) is 0 Å². The summed E-state index contributed by atoms with van der Waals surface area (Å²) in [6.45, 7) is 0. The Bertz CT molecular complexity index is 154. The van der Waals surface area contributed by atoms with Crippen LogP contribution in [0.25, 0.3) is 0 Å². The van der Waals surface area contributed by atoms with Crippen molar-refractivity contribution in [2.24, 2.45) is 0 Å². The number of amides is 2. The predicted molar refractivity (Wildman–Crippen MR) is 37.4 cm³/mol. The van der Waals surface area contributed by atoms with Crippen LogP contribution in [0.5, 0.6) is 0 Å². The summed E-state index contributed by atoms with van der Waals surface area (Å²) in [5.41, 5.74) is 0. The van der Waals surface area contributed by atoms with E-state index in [1.165, 1.54) is 24.2 Å². The lowest BCUT2D eigenvalue weighted by Gasteiger charge is -2.08. The highest BCUT2D eigenvalue weighted by Crippen LogP contribution is 1.82. The third-order valence-corrected chi connectivity index (χ3v) is 0.922. The Morgan fingerprint density at radius 2 is 2.20 bits per heavy atom. The van der Waals surface area contributed by atoms with Crippen LogP contribution in [0.2, 0.25) is 0 Å². The lowest BCUT2D eigenvalue weighted by molar-refractivity contribution is -0.104. The average Bonchev–Trinajstić information content (AvgIpc) is 1.98. The Balaban J connectivity index is 3.83. The van der Waals surface area contributed by atoms with Crippen LogP contribution in [0.15, 0.2) is 12.3 Å². The Labute approximate surface area is 59.5 Å². The SMILES string of the molecule is CNC(=O)N(C)C=CC=O. The van der Waals surface area contributed by atoms with Crippen molar-refractivity contribution >= 4 is 12.3 Å². The van der Waals surface area contributed by atoms with Crippen molar-refractivity contribution in [3.63, 3.8) is 0 Å². The predicted octanol–water partition coefficient (Wildman–Crippen LogP) is -0.0298. The minimum Gasteiger partial charge on any atom is -0.341 e. The van der Waals surface area contributed by atoms with Gasteiger partial charge < -0.3 is 10.2 Å². The van der Waals surface area contributed by atoms with Gasteiger partial charge in [0.1, 0.15) is 6.29 Å². The van der Waals surface area contributed by atoms with E-state index in [0.717, 1.165) is 0 Å². The normalized spacial score (nSPS) is 9.40. The molecule has 0 aromatic heterocycles. The van der Waals surface area contributed by atoms with Crippen LogP contribution >= 0.6 is 0 Å². The number of carbonyl (C=O) groups excluding carboxylic acids is 2. The molecule has 4 nitrogen and oxygen atoms in total. The summed E-state index contributed by atoms with van der Waals surface area (Å²) < 4.78 is 0. The summed E-state index contributed by atoms with van der Waals surface area (Å²) in [5, 5.41) is 2.39. The third kappa shape index (κ3) is 2.86. The quantitative estimate of drug-likeness (QED) is 0.435. The summed E-state index contributed by atoms with van der Waals surface area (Å²) >= 11 is 0. The molecule has 0 bridgehead atoms. The van der Waals surface area contributed by atoms with Crippen molar-refractivity contribution in [3.8, 4) is 0 Å². The van der Waals surface area contributed by atoms with Gasteiger partial charge in [-0.1, -0.05) is 0 Å². The largest absolute Gasteiger partial charge is 0.341 e. The Hall–Kier alpha value is -1.32. The zero-order chi connectivity index (χ0) is 7.98. The first kappa shape index (κ1) is 8.68. The van der Waals surface area contributed by atoms with Gasteiger partial charge in [-0.3, -0.25) is 4.79 Å². The zero-order valence-electron chi connectivity index (χ0n) is 6.00. The molecule has 0 aromatic carbocycles. The van der Waals surface area contributed by atoms with Crippen LogP contribution < -0.4 is 5.32 Å². The fourth-order valence-corrected chi connectivity index (χ4v) is 0.408. The van der Waals surface area contributed by atoms with Gasteiger partial charge in [-0.05, 0) is 6.08 Å². The van der Waals surface area contributed by atoms with Crippen LogP contribution in [0, 0.1) is 0 Å². The van der Waals surface area contributed by atoms with Crippen LogP contribution in [-0.4, -0.2) is 31.3 Å². The summed E-state index contributed by atoms with van der Waals surface area (Å²) in [6.07, 6.45) is 3.24. The maximum absolute atomic E-state index is 10.7. The molecule has 0 rings (SSSR count). The molecule has 0 aliphatic heterocycles. The molecule has 0 aliphatic rings. The molecule has 56 valence electrons. The smallest absolute Gasteiger partial charge is 0.320 e. The van der Waals surface area contributed by atoms with E-state index in [-0.39, 0.29) is 6.03 Å². The molecule has 0 radical (unpaired) electrons. The number of allylic oxidation sites excluding steroid dienone is 1. The molecule has 0 saturated heterocycles. The number of aldehydes is 1. The minimum atomic E-state index is -0.252. The maximum atomic E-state index is 10.7. The molecular formula is C6H10N2O2. The second-order valence-corrected chi connectivity index (χ2v) is 1.64.